The normalized spacial score (nSPS) is 16.0. The Bertz CT molecular complexity index is 515. The Labute approximate surface area is 137 Å². The Morgan fingerprint density at radius 3 is 2.73 bits per heavy atom. The summed E-state index contributed by atoms with van der Waals surface area (Å²) >= 11 is 6.19. The zero-order valence-electron chi connectivity index (χ0n) is 13.6. The number of piperidine rings is 1. The molecule has 6 heteroatoms. The number of nitrogens with one attached hydrogen (secondary N) is 1. The van der Waals surface area contributed by atoms with E-state index in [2.05, 4.69) is 22.2 Å². The van der Waals surface area contributed by atoms with E-state index in [0.717, 1.165) is 38.9 Å². The third-order valence-electron chi connectivity index (χ3n) is 3.96. The van der Waals surface area contributed by atoms with Gasteiger partial charge in [0.15, 0.2) is 5.69 Å². The fraction of sp³-hybridized carbons (Fsp3) is 0.688. The lowest BCUT2D eigenvalue weighted by Crippen LogP contribution is -2.46. The highest BCUT2D eigenvalue weighted by Crippen LogP contribution is 2.21. The van der Waals surface area contributed by atoms with Gasteiger partial charge < -0.3 is 10.2 Å². The molecule has 2 heterocycles. The van der Waals surface area contributed by atoms with Gasteiger partial charge >= 0.3 is 0 Å². The molecule has 1 aromatic heterocycles. The molecular weight excluding hydrogens is 300 g/mol. The standard InChI is InChI=1S/C16H25ClN4O/c1-4-9-21(12-5-7-18-8-6-12)16(22)14-13(17)10-19-15(20-14)11(2)3/h10-12,18H,4-9H2,1-3H3. The molecule has 1 aromatic rings. The molecule has 0 radical (unpaired) electrons. The Hall–Kier alpha value is -1.20. The number of carbonyl (C=O) groups excluding carboxylic acids is 1. The maximum Gasteiger partial charge on any atom is 0.274 e. The molecule has 0 spiro atoms. The number of rotatable bonds is 5. The van der Waals surface area contributed by atoms with Gasteiger partial charge in [-0.15, -0.1) is 0 Å². The smallest absolute Gasteiger partial charge is 0.274 e. The van der Waals surface area contributed by atoms with Crippen LogP contribution in [-0.4, -0.2) is 46.5 Å². The molecule has 22 heavy (non-hydrogen) atoms. The molecule has 122 valence electrons. The summed E-state index contributed by atoms with van der Waals surface area (Å²) in [5, 5.41) is 3.67. The summed E-state index contributed by atoms with van der Waals surface area (Å²) in [5.41, 5.74) is 0.340. The van der Waals surface area contributed by atoms with Gasteiger partial charge in [-0.2, -0.15) is 0 Å². The van der Waals surface area contributed by atoms with Gasteiger partial charge in [0.05, 0.1) is 11.2 Å². The van der Waals surface area contributed by atoms with E-state index in [1.165, 1.54) is 0 Å². The molecule has 1 fully saturated rings. The summed E-state index contributed by atoms with van der Waals surface area (Å²) in [6.45, 7) is 8.74. The van der Waals surface area contributed by atoms with Crippen LogP contribution in [0.3, 0.4) is 0 Å². The monoisotopic (exact) mass is 324 g/mol. The summed E-state index contributed by atoms with van der Waals surface area (Å²) in [6.07, 6.45) is 4.43. The molecule has 0 atom stereocenters. The molecule has 0 aliphatic carbocycles. The van der Waals surface area contributed by atoms with Crippen LogP contribution in [0.5, 0.6) is 0 Å². The van der Waals surface area contributed by atoms with E-state index in [0.29, 0.717) is 16.5 Å². The zero-order chi connectivity index (χ0) is 16.1. The molecule has 1 aliphatic heterocycles. The van der Waals surface area contributed by atoms with Crippen LogP contribution in [0.2, 0.25) is 5.02 Å². The fourth-order valence-corrected chi connectivity index (χ4v) is 2.93. The third-order valence-corrected chi connectivity index (χ3v) is 4.23. The van der Waals surface area contributed by atoms with E-state index in [-0.39, 0.29) is 17.9 Å². The topological polar surface area (TPSA) is 58.1 Å². The van der Waals surface area contributed by atoms with Crippen molar-refractivity contribution in [2.75, 3.05) is 19.6 Å². The summed E-state index contributed by atoms with van der Waals surface area (Å²) in [4.78, 5) is 23.5. The Morgan fingerprint density at radius 2 is 2.14 bits per heavy atom. The first-order chi connectivity index (χ1) is 10.5. The first-order valence-corrected chi connectivity index (χ1v) is 8.46. The fourth-order valence-electron chi connectivity index (χ4n) is 2.75. The molecule has 2 rings (SSSR count). The lowest BCUT2D eigenvalue weighted by molar-refractivity contribution is 0.0636. The van der Waals surface area contributed by atoms with Crippen LogP contribution in [0.4, 0.5) is 0 Å². The number of hydrogen-bond acceptors (Lipinski definition) is 4. The number of amides is 1. The SMILES string of the molecule is CCCN(C(=O)c1nc(C(C)C)ncc1Cl)C1CCNCC1. The second-order valence-electron chi connectivity index (χ2n) is 6.06. The molecule has 1 aliphatic rings. The van der Waals surface area contributed by atoms with Crippen LogP contribution in [-0.2, 0) is 0 Å². The van der Waals surface area contributed by atoms with Crippen molar-refractivity contribution in [1.82, 2.24) is 20.2 Å². The molecule has 0 unspecified atom stereocenters. The van der Waals surface area contributed by atoms with E-state index >= 15 is 0 Å². The number of carbonyl (C=O) groups is 1. The minimum atomic E-state index is -0.0666. The molecule has 0 bridgehead atoms. The predicted octanol–water partition coefficient (Wildman–Crippen LogP) is 2.86. The summed E-state index contributed by atoms with van der Waals surface area (Å²) in [7, 11) is 0. The first kappa shape index (κ1) is 17.2. The molecule has 0 saturated carbocycles. The zero-order valence-corrected chi connectivity index (χ0v) is 14.4. The second kappa shape index (κ2) is 7.88. The van der Waals surface area contributed by atoms with Crippen molar-refractivity contribution in [3.63, 3.8) is 0 Å². The molecule has 5 nitrogen and oxygen atoms in total. The average molecular weight is 325 g/mol. The summed E-state index contributed by atoms with van der Waals surface area (Å²) in [6, 6.07) is 0.266. The van der Waals surface area contributed by atoms with Crippen molar-refractivity contribution in [2.45, 2.75) is 52.0 Å². The second-order valence-corrected chi connectivity index (χ2v) is 6.47. The predicted molar refractivity (Wildman–Crippen MR) is 88.4 cm³/mol. The lowest BCUT2D eigenvalue weighted by atomic mass is 10.0. The maximum atomic E-state index is 13.0. The third kappa shape index (κ3) is 3.96. The first-order valence-electron chi connectivity index (χ1n) is 8.08. The number of aromatic nitrogens is 2. The van der Waals surface area contributed by atoms with Gasteiger partial charge in [-0.1, -0.05) is 32.4 Å². The van der Waals surface area contributed by atoms with E-state index in [1.807, 2.05) is 18.7 Å². The average Bonchev–Trinajstić information content (AvgIpc) is 2.53. The van der Waals surface area contributed by atoms with Crippen molar-refractivity contribution >= 4 is 17.5 Å². The summed E-state index contributed by atoms with van der Waals surface area (Å²) in [5.74, 6) is 0.764. The van der Waals surface area contributed by atoms with E-state index in [4.69, 9.17) is 11.6 Å². The maximum absolute atomic E-state index is 13.0. The van der Waals surface area contributed by atoms with Crippen LogP contribution in [0.15, 0.2) is 6.20 Å². The van der Waals surface area contributed by atoms with Gasteiger partial charge in [-0.25, -0.2) is 9.97 Å². The Morgan fingerprint density at radius 1 is 1.45 bits per heavy atom. The van der Waals surface area contributed by atoms with Crippen molar-refractivity contribution in [3.8, 4) is 0 Å². The van der Waals surface area contributed by atoms with Gasteiger partial charge in [-0.3, -0.25) is 4.79 Å². The van der Waals surface area contributed by atoms with Crippen LogP contribution >= 0.6 is 11.6 Å². The highest BCUT2D eigenvalue weighted by molar-refractivity contribution is 6.33. The number of halogens is 1. The van der Waals surface area contributed by atoms with Crippen LogP contribution in [0.25, 0.3) is 0 Å². The minimum Gasteiger partial charge on any atom is -0.334 e. The number of hydrogen-bond donors (Lipinski definition) is 1. The van der Waals surface area contributed by atoms with Crippen molar-refractivity contribution in [2.24, 2.45) is 0 Å². The highest BCUT2D eigenvalue weighted by atomic mass is 35.5. The molecule has 1 amide bonds. The molecule has 0 aromatic carbocycles. The van der Waals surface area contributed by atoms with Crippen LogP contribution < -0.4 is 5.32 Å². The van der Waals surface area contributed by atoms with Gasteiger partial charge in [-0.05, 0) is 32.4 Å². The van der Waals surface area contributed by atoms with Crippen LogP contribution in [0.1, 0.15) is 62.3 Å². The minimum absolute atomic E-state index is 0.0666. The van der Waals surface area contributed by atoms with E-state index in [1.54, 1.807) is 6.20 Å². The van der Waals surface area contributed by atoms with Gasteiger partial charge in [0.1, 0.15) is 5.82 Å². The van der Waals surface area contributed by atoms with Crippen molar-refractivity contribution < 1.29 is 4.79 Å². The van der Waals surface area contributed by atoms with Crippen molar-refractivity contribution in [1.29, 1.82) is 0 Å². The highest BCUT2D eigenvalue weighted by Gasteiger charge is 2.28. The number of nitrogens with zero attached hydrogens (tertiary/aromatic N) is 3. The van der Waals surface area contributed by atoms with Gasteiger partial charge in [0, 0.05) is 18.5 Å². The van der Waals surface area contributed by atoms with Crippen LogP contribution in [0, 0.1) is 0 Å². The Balaban J connectivity index is 2.27. The van der Waals surface area contributed by atoms with Gasteiger partial charge in [0.2, 0.25) is 0 Å². The summed E-state index contributed by atoms with van der Waals surface area (Å²) < 4.78 is 0. The largest absolute Gasteiger partial charge is 0.334 e. The molecule has 1 saturated heterocycles. The Kier molecular flexibility index (Phi) is 6.15. The quantitative estimate of drug-likeness (QED) is 0.904. The lowest BCUT2D eigenvalue weighted by Gasteiger charge is -2.34. The van der Waals surface area contributed by atoms with Crippen molar-refractivity contribution in [3.05, 3.63) is 22.7 Å². The van der Waals surface area contributed by atoms with Gasteiger partial charge in [0.25, 0.3) is 5.91 Å². The molecule has 1 N–H and O–H groups in total. The van der Waals surface area contributed by atoms with E-state index in [9.17, 15) is 4.79 Å². The molecular formula is C16H25ClN4O. The van der Waals surface area contributed by atoms with E-state index < -0.39 is 0 Å².